The lowest BCUT2D eigenvalue weighted by Crippen LogP contribution is -2.53. The summed E-state index contributed by atoms with van der Waals surface area (Å²) in [4.78, 5) is 11.8. The molecule has 1 heterocycles. The molecule has 1 aliphatic heterocycles. The molecule has 5 heteroatoms. The molecule has 100 valence electrons. The van der Waals surface area contributed by atoms with Gasteiger partial charge < -0.3 is 15.8 Å². The maximum atomic E-state index is 11.8. The summed E-state index contributed by atoms with van der Waals surface area (Å²) in [5, 5.41) is 3.04. The largest absolute Gasteiger partial charge is 0.444 e. The van der Waals surface area contributed by atoms with E-state index < -0.39 is 5.60 Å². The highest BCUT2D eigenvalue weighted by Gasteiger charge is 2.34. The molecule has 1 fully saturated rings. The Labute approximate surface area is 108 Å². The van der Waals surface area contributed by atoms with Crippen LogP contribution in [0.5, 0.6) is 0 Å². The predicted octanol–water partition coefficient (Wildman–Crippen LogP) is 2.13. The maximum Gasteiger partial charge on any atom is 0.408 e. The Kier molecular flexibility index (Phi) is 5.13. The summed E-state index contributed by atoms with van der Waals surface area (Å²) in [7, 11) is 0. The van der Waals surface area contributed by atoms with Crippen LogP contribution in [0.3, 0.4) is 0 Å². The molecule has 0 aliphatic carbocycles. The summed E-state index contributed by atoms with van der Waals surface area (Å²) in [5.41, 5.74) is 5.05. The van der Waals surface area contributed by atoms with Gasteiger partial charge in [-0.15, -0.1) is 0 Å². The van der Waals surface area contributed by atoms with Crippen LogP contribution in [0.1, 0.15) is 40.0 Å². The third-order valence-corrected chi connectivity index (χ3v) is 3.82. The van der Waals surface area contributed by atoms with Crippen molar-refractivity contribution >= 4 is 17.9 Å². The SMILES string of the molecule is CC(C)(C)OC(=O)NC1(CCN)CCSCC1. The zero-order chi connectivity index (χ0) is 12.9. The van der Waals surface area contributed by atoms with Gasteiger partial charge in [0.1, 0.15) is 5.60 Å². The number of amides is 1. The van der Waals surface area contributed by atoms with Crippen molar-refractivity contribution < 1.29 is 9.53 Å². The first-order chi connectivity index (χ1) is 7.87. The van der Waals surface area contributed by atoms with E-state index in [1.807, 2.05) is 32.5 Å². The van der Waals surface area contributed by atoms with E-state index in [0.29, 0.717) is 6.54 Å². The molecule has 4 nitrogen and oxygen atoms in total. The van der Waals surface area contributed by atoms with Crippen molar-refractivity contribution in [2.75, 3.05) is 18.1 Å². The Bertz CT molecular complexity index is 252. The second kappa shape index (κ2) is 5.96. The number of hydrogen-bond donors (Lipinski definition) is 2. The van der Waals surface area contributed by atoms with Gasteiger partial charge in [-0.25, -0.2) is 4.79 Å². The smallest absolute Gasteiger partial charge is 0.408 e. The number of hydrogen-bond acceptors (Lipinski definition) is 4. The summed E-state index contributed by atoms with van der Waals surface area (Å²) in [6, 6.07) is 0. The fraction of sp³-hybridized carbons (Fsp3) is 0.917. The van der Waals surface area contributed by atoms with Gasteiger partial charge in [0.15, 0.2) is 0 Å². The lowest BCUT2D eigenvalue weighted by Gasteiger charge is -2.38. The van der Waals surface area contributed by atoms with Crippen LogP contribution in [0.15, 0.2) is 0 Å². The van der Waals surface area contributed by atoms with Gasteiger partial charge in [-0.1, -0.05) is 0 Å². The molecule has 0 aromatic rings. The Morgan fingerprint density at radius 1 is 1.41 bits per heavy atom. The molecule has 3 N–H and O–H groups in total. The molecule has 1 saturated heterocycles. The molecule has 1 rings (SSSR count). The van der Waals surface area contributed by atoms with E-state index in [-0.39, 0.29) is 11.6 Å². The van der Waals surface area contributed by atoms with Gasteiger partial charge in [-0.05, 0) is 58.1 Å². The van der Waals surface area contributed by atoms with Crippen molar-refractivity contribution in [3.05, 3.63) is 0 Å². The molecule has 0 spiro atoms. The van der Waals surface area contributed by atoms with Crippen molar-refractivity contribution in [1.29, 1.82) is 0 Å². The van der Waals surface area contributed by atoms with E-state index in [9.17, 15) is 4.79 Å². The predicted molar refractivity (Wildman–Crippen MR) is 72.3 cm³/mol. The molecule has 0 aromatic heterocycles. The molecule has 0 radical (unpaired) electrons. The minimum Gasteiger partial charge on any atom is -0.444 e. The van der Waals surface area contributed by atoms with Crippen molar-refractivity contribution in [1.82, 2.24) is 5.32 Å². The molecule has 0 aromatic carbocycles. The van der Waals surface area contributed by atoms with Crippen LogP contribution in [0.2, 0.25) is 0 Å². The minimum atomic E-state index is -0.447. The first-order valence-electron chi connectivity index (χ1n) is 6.16. The Balaban J connectivity index is 2.57. The van der Waals surface area contributed by atoms with Crippen LogP contribution < -0.4 is 11.1 Å². The third-order valence-electron chi connectivity index (χ3n) is 2.84. The number of carbonyl (C=O) groups is 1. The Morgan fingerprint density at radius 3 is 2.47 bits per heavy atom. The molecule has 0 unspecified atom stereocenters. The number of carbonyl (C=O) groups excluding carboxylic acids is 1. The van der Waals surface area contributed by atoms with Crippen LogP contribution in [0.25, 0.3) is 0 Å². The van der Waals surface area contributed by atoms with Crippen molar-refractivity contribution in [3.63, 3.8) is 0 Å². The topological polar surface area (TPSA) is 64.3 Å². The minimum absolute atomic E-state index is 0.150. The molecular weight excluding hydrogens is 236 g/mol. The number of ether oxygens (including phenoxy) is 1. The van der Waals surface area contributed by atoms with Crippen LogP contribution >= 0.6 is 11.8 Å². The molecule has 17 heavy (non-hydrogen) atoms. The average molecular weight is 260 g/mol. The third kappa shape index (κ3) is 5.17. The quantitative estimate of drug-likeness (QED) is 0.816. The van der Waals surface area contributed by atoms with Crippen molar-refractivity contribution in [2.24, 2.45) is 5.73 Å². The van der Waals surface area contributed by atoms with E-state index >= 15 is 0 Å². The number of alkyl carbamates (subject to hydrolysis) is 1. The highest BCUT2D eigenvalue weighted by atomic mass is 32.2. The lowest BCUT2D eigenvalue weighted by atomic mass is 9.88. The molecule has 0 saturated carbocycles. The molecular formula is C12H24N2O2S. The van der Waals surface area contributed by atoms with Crippen molar-refractivity contribution in [2.45, 2.75) is 51.2 Å². The second-order valence-corrected chi connectivity index (χ2v) is 6.78. The second-order valence-electron chi connectivity index (χ2n) is 5.56. The normalized spacial score (nSPS) is 19.8. The summed E-state index contributed by atoms with van der Waals surface area (Å²) in [5.74, 6) is 2.16. The van der Waals surface area contributed by atoms with Gasteiger partial charge in [0, 0.05) is 5.54 Å². The van der Waals surface area contributed by atoms with Crippen LogP contribution in [0, 0.1) is 0 Å². The van der Waals surface area contributed by atoms with Crippen LogP contribution in [-0.2, 0) is 4.74 Å². The van der Waals surface area contributed by atoms with E-state index in [4.69, 9.17) is 10.5 Å². The zero-order valence-corrected chi connectivity index (χ0v) is 11.9. The summed E-state index contributed by atoms with van der Waals surface area (Å²) in [6.07, 6.45) is 2.47. The summed E-state index contributed by atoms with van der Waals surface area (Å²) < 4.78 is 5.31. The first-order valence-corrected chi connectivity index (χ1v) is 7.31. The van der Waals surface area contributed by atoms with Gasteiger partial charge in [-0.3, -0.25) is 0 Å². The Morgan fingerprint density at radius 2 is 2.00 bits per heavy atom. The van der Waals surface area contributed by atoms with E-state index in [2.05, 4.69) is 5.32 Å². The number of rotatable bonds is 3. The molecule has 1 amide bonds. The Hall–Kier alpha value is -0.420. The van der Waals surface area contributed by atoms with Crippen LogP contribution in [-0.4, -0.2) is 35.3 Å². The highest BCUT2D eigenvalue weighted by molar-refractivity contribution is 7.99. The first kappa shape index (κ1) is 14.6. The van der Waals surface area contributed by atoms with Gasteiger partial charge in [0.05, 0.1) is 0 Å². The van der Waals surface area contributed by atoms with Gasteiger partial charge >= 0.3 is 6.09 Å². The average Bonchev–Trinajstić information content (AvgIpc) is 2.15. The van der Waals surface area contributed by atoms with E-state index in [1.54, 1.807) is 0 Å². The monoisotopic (exact) mass is 260 g/mol. The van der Waals surface area contributed by atoms with Crippen molar-refractivity contribution in [3.8, 4) is 0 Å². The summed E-state index contributed by atoms with van der Waals surface area (Å²) >= 11 is 1.93. The molecule has 0 bridgehead atoms. The number of nitrogens with two attached hydrogens (primary N) is 1. The maximum absolute atomic E-state index is 11.8. The fourth-order valence-corrected chi connectivity index (χ4v) is 3.27. The number of nitrogens with one attached hydrogen (secondary N) is 1. The highest BCUT2D eigenvalue weighted by Crippen LogP contribution is 2.29. The van der Waals surface area contributed by atoms with E-state index in [0.717, 1.165) is 30.8 Å². The van der Waals surface area contributed by atoms with Crippen LogP contribution in [0.4, 0.5) is 4.79 Å². The van der Waals surface area contributed by atoms with E-state index in [1.165, 1.54) is 0 Å². The lowest BCUT2D eigenvalue weighted by molar-refractivity contribution is 0.0442. The standard InChI is InChI=1S/C12H24N2O2S/c1-11(2,3)16-10(15)14-12(4-7-13)5-8-17-9-6-12/h4-9,13H2,1-3H3,(H,14,15). The summed E-state index contributed by atoms with van der Waals surface area (Å²) in [6.45, 7) is 6.22. The molecule has 0 atom stereocenters. The fourth-order valence-electron chi connectivity index (χ4n) is 2.00. The van der Waals surface area contributed by atoms with Gasteiger partial charge in [-0.2, -0.15) is 11.8 Å². The van der Waals surface area contributed by atoms with Gasteiger partial charge in [0.25, 0.3) is 0 Å². The number of thioether (sulfide) groups is 1. The van der Waals surface area contributed by atoms with Gasteiger partial charge in [0.2, 0.25) is 0 Å². The molecule has 1 aliphatic rings. The zero-order valence-electron chi connectivity index (χ0n) is 11.0.